The highest BCUT2D eigenvalue weighted by molar-refractivity contribution is 7.94. The van der Waals surface area contributed by atoms with E-state index in [9.17, 15) is 13.2 Å². The van der Waals surface area contributed by atoms with Gasteiger partial charge in [-0.3, -0.25) is 4.79 Å². The quantitative estimate of drug-likeness (QED) is 0.701. The van der Waals surface area contributed by atoms with Gasteiger partial charge in [0.05, 0.1) is 0 Å². The summed E-state index contributed by atoms with van der Waals surface area (Å²) in [4.78, 5) is 11.4. The van der Waals surface area contributed by atoms with Gasteiger partial charge in [0, 0.05) is 13.2 Å². The number of amides is 1. The Labute approximate surface area is 83.8 Å². The average Bonchev–Trinajstić information content (AvgIpc) is 2.12. The van der Waals surface area contributed by atoms with Crippen molar-refractivity contribution in [1.29, 1.82) is 0 Å². The molecule has 5 nitrogen and oxygen atoms in total. The number of hydrogen-bond donors (Lipinski definition) is 1. The second-order valence-electron chi connectivity index (χ2n) is 4.14. The lowest BCUT2D eigenvalue weighted by Crippen LogP contribution is -2.67. The third-order valence-electron chi connectivity index (χ3n) is 2.47. The number of sulfonamides is 1. The van der Waals surface area contributed by atoms with E-state index in [1.54, 1.807) is 6.92 Å². The van der Waals surface area contributed by atoms with Crippen LogP contribution in [0.15, 0.2) is 0 Å². The van der Waals surface area contributed by atoms with Gasteiger partial charge in [-0.05, 0) is 19.8 Å². The molecule has 1 atom stereocenters. The Balaban J connectivity index is 2.82. The first-order chi connectivity index (χ1) is 6.25. The van der Waals surface area contributed by atoms with Crippen LogP contribution in [-0.4, -0.2) is 41.6 Å². The highest BCUT2D eigenvalue weighted by atomic mass is 32.2. The monoisotopic (exact) mass is 221 g/mol. The molecular formula is C8H15NO4S. The minimum Gasteiger partial charge on any atom is -0.396 e. The van der Waals surface area contributed by atoms with E-state index < -0.39 is 20.7 Å². The van der Waals surface area contributed by atoms with Crippen molar-refractivity contribution >= 4 is 15.9 Å². The molecule has 14 heavy (non-hydrogen) atoms. The van der Waals surface area contributed by atoms with Crippen molar-refractivity contribution in [1.82, 2.24) is 4.31 Å². The first kappa shape index (κ1) is 11.5. The van der Waals surface area contributed by atoms with E-state index in [1.165, 1.54) is 13.8 Å². The zero-order valence-electron chi connectivity index (χ0n) is 8.52. The van der Waals surface area contributed by atoms with Crippen LogP contribution in [0.5, 0.6) is 0 Å². The Bertz CT molecular complexity index is 346. The molecule has 0 bridgehead atoms. The van der Waals surface area contributed by atoms with Crippen LogP contribution in [0.25, 0.3) is 0 Å². The van der Waals surface area contributed by atoms with Crippen molar-refractivity contribution in [3.05, 3.63) is 0 Å². The van der Waals surface area contributed by atoms with Gasteiger partial charge in [-0.2, -0.15) is 0 Å². The number of hydrogen-bond acceptors (Lipinski definition) is 4. The molecule has 0 aliphatic carbocycles. The molecule has 1 aliphatic rings. The van der Waals surface area contributed by atoms with Crippen LogP contribution in [0.2, 0.25) is 0 Å². The van der Waals surface area contributed by atoms with E-state index in [0.29, 0.717) is 0 Å². The molecule has 6 heteroatoms. The minimum atomic E-state index is -3.48. The molecular weight excluding hydrogens is 206 g/mol. The lowest BCUT2D eigenvalue weighted by Gasteiger charge is -2.43. The van der Waals surface area contributed by atoms with Gasteiger partial charge < -0.3 is 5.11 Å². The zero-order valence-corrected chi connectivity index (χ0v) is 9.34. The Morgan fingerprint density at radius 2 is 2.00 bits per heavy atom. The third-order valence-corrected chi connectivity index (χ3v) is 4.83. The van der Waals surface area contributed by atoms with Crippen molar-refractivity contribution in [2.24, 2.45) is 5.92 Å². The summed E-state index contributed by atoms with van der Waals surface area (Å²) in [6, 6.07) is 0. The second kappa shape index (κ2) is 3.20. The summed E-state index contributed by atoms with van der Waals surface area (Å²) in [5.74, 6) is -0.609. The molecule has 0 aromatic heterocycles. The molecule has 1 fully saturated rings. The molecule has 1 saturated heterocycles. The summed E-state index contributed by atoms with van der Waals surface area (Å²) >= 11 is 0. The second-order valence-corrected chi connectivity index (χ2v) is 6.55. The summed E-state index contributed by atoms with van der Waals surface area (Å²) < 4.78 is 22.7. The molecule has 0 saturated carbocycles. The Kier molecular flexibility index (Phi) is 2.62. The van der Waals surface area contributed by atoms with E-state index in [0.717, 1.165) is 4.31 Å². The predicted molar refractivity (Wildman–Crippen MR) is 51.0 cm³/mol. The van der Waals surface area contributed by atoms with Crippen LogP contribution < -0.4 is 0 Å². The third kappa shape index (κ3) is 1.33. The van der Waals surface area contributed by atoms with Gasteiger partial charge in [-0.25, -0.2) is 12.7 Å². The van der Waals surface area contributed by atoms with Crippen molar-refractivity contribution in [2.45, 2.75) is 25.5 Å². The summed E-state index contributed by atoms with van der Waals surface area (Å²) in [5, 5.41) is 8.76. The van der Waals surface area contributed by atoms with Crippen LogP contribution >= 0.6 is 0 Å². The predicted octanol–water partition coefficient (Wildman–Crippen LogP) is -0.435. The number of aliphatic hydroxyl groups is 1. The Morgan fingerprint density at radius 1 is 1.50 bits per heavy atom. The van der Waals surface area contributed by atoms with Crippen LogP contribution in [0.1, 0.15) is 20.8 Å². The fraction of sp³-hybridized carbons (Fsp3) is 0.875. The smallest absolute Gasteiger partial charge is 0.258 e. The summed E-state index contributed by atoms with van der Waals surface area (Å²) in [6.07, 6.45) is 0. The molecule has 82 valence electrons. The summed E-state index contributed by atoms with van der Waals surface area (Å²) in [7, 11) is -3.48. The van der Waals surface area contributed by atoms with Gasteiger partial charge in [0.15, 0.2) is 4.75 Å². The first-order valence-corrected chi connectivity index (χ1v) is 5.86. The molecule has 0 aromatic rings. The van der Waals surface area contributed by atoms with Crippen molar-refractivity contribution in [2.75, 3.05) is 13.2 Å². The van der Waals surface area contributed by atoms with Crippen molar-refractivity contribution in [3.63, 3.8) is 0 Å². The van der Waals surface area contributed by atoms with E-state index in [4.69, 9.17) is 5.11 Å². The Morgan fingerprint density at radius 3 is 2.36 bits per heavy atom. The number of carbonyl (C=O) groups is 1. The summed E-state index contributed by atoms with van der Waals surface area (Å²) in [5.41, 5.74) is 0. The topological polar surface area (TPSA) is 74.7 Å². The standard InChI is InChI=1S/C8H15NO4S/c1-6(5-10)4-9-7(11)8(2,3)14(9,12)13/h6,10H,4-5H2,1-3H3. The van der Waals surface area contributed by atoms with Crippen molar-refractivity contribution < 1.29 is 18.3 Å². The molecule has 1 amide bonds. The highest BCUT2D eigenvalue weighted by Gasteiger charge is 2.59. The largest absolute Gasteiger partial charge is 0.396 e. The van der Waals surface area contributed by atoms with Gasteiger partial charge in [-0.1, -0.05) is 6.92 Å². The van der Waals surface area contributed by atoms with Gasteiger partial charge >= 0.3 is 0 Å². The molecule has 0 radical (unpaired) electrons. The van der Waals surface area contributed by atoms with Gasteiger partial charge in [0.25, 0.3) is 15.9 Å². The van der Waals surface area contributed by atoms with Gasteiger partial charge in [-0.15, -0.1) is 0 Å². The van der Waals surface area contributed by atoms with Gasteiger partial charge in [0.2, 0.25) is 0 Å². The number of nitrogens with zero attached hydrogens (tertiary/aromatic N) is 1. The molecule has 0 aromatic carbocycles. The SMILES string of the molecule is CC(CO)CN1C(=O)C(C)(C)S1(=O)=O. The van der Waals surface area contributed by atoms with E-state index in [1.807, 2.05) is 0 Å². The molecule has 1 N–H and O–H groups in total. The fourth-order valence-corrected chi connectivity index (χ4v) is 2.93. The number of rotatable bonds is 3. The molecule has 1 rings (SSSR count). The van der Waals surface area contributed by atoms with E-state index in [-0.39, 0.29) is 19.1 Å². The zero-order chi connectivity index (χ0) is 11.1. The maximum Gasteiger partial charge on any atom is 0.258 e. The average molecular weight is 221 g/mol. The van der Waals surface area contributed by atoms with Gasteiger partial charge in [0.1, 0.15) is 0 Å². The minimum absolute atomic E-state index is 0.0705. The fourth-order valence-electron chi connectivity index (χ4n) is 1.28. The van der Waals surface area contributed by atoms with Crippen molar-refractivity contribution in [3.8, 4) is 0 Å². The maximum atomic E-state index is 11.6. The lowest BCUT2D eigenvalue weighted by molar-refractivity contribution is -0.132. The van der Waals surface area contributed by atoms with E-state index >= 15 is 0 Å². The molecule has 1 unspecified atom stereocenters. The summed E-state index contributed by atoms with van der Waals surface area (Å²) in [6.45, 7) is 4.42. The maximum absolute atomic E-state index is 11.6. The molecule has 1 heterocycles. The van der Waals surface area contributed by atoms with Crippen LogP contribution in [0, 0.1) is 5.92 Å². The number of carbonyl (C=O) groups excluding carboxylic acids is 1. The number of aliphatic hydroxyl groups excluding tert-OH is 1. The molecule has 1 aliphatic heterocycles. The first-order valence-electron chi connectivity index (χ1n) is 4.42. The van der Waals surface area contributed by atoms with Crippen LogP contribution in [0.3, 0.4) is 0 Å². The lowest BCUT2D eigenvalue weighted by atomic mass is 10.1. The highest BCUT2D eigenvalue weighted by Crippen LogP contribution is 2.35. The van der Waals surface area contributed by atoms with E-state index in [2.05, 4.69) is 0 Å². The van der Waals surface area contributed by atoms with Crippen LogP contribution in [-0.2, 0) is 14.8 Å². The Hall–Kier alpha value is -0.620. The normalized spacial score (nSPS) is 25.7. The molecule has 0 spiro atoms. The van der Waals surface area contributed by atoms with Crippen LogP contribution in [0.4, 0.5) is 0 Å².